The maximum atomic E-state index is 11.8. The van der Waals surface area contributed by atoms with E-state index in [0.29, 0.717) is 11.3 Å². The summed E-state index contributed by atoms with van der Waals surface area (Å²) < 4.78 is 10.1. The first-order valence-electron chi connectivity index (χ1n) is 6.54. The highest BCUT2D eigenvalue weighted by Gasteiger charge is 2.17. The van der Waals surface area contributed by atoms with Crippen LogP contribution < -0.4 is 0 Å². The van der Waals surface area contributed by atoms with E-state index in [1.165, 1.54) is 30.3 Å². The average Bonchev–Trinajstić information content (AvgIpc) is 2.97. The Morgan fingerprint density at radius 2 is 2.05 bits per heavy atom. The van der Waals surface area contributed by atoms with Gasteiger partial charge >= 0.3 is 5.97 Å². The summed E-state index contributed by atoms with van der Waals surface area (Å²) in [6.07, 6.45) is -0.407. The van der Waals surface area contributed by atoms with E-state index in [2.05, 4.69) is 0 Å². The van der Waals surface area contributed by atoms with E-state index in [1.807, 2.05) is 0 Å². The topological polar surface area (TPSA) is 99.7 Å². The molecule has 7 heteroatoms. The molecule has 2 rings (SSSR count). The van der Waals surface area contributed by atoms with Crippen molar-refractivity contribution in [3.63, 3.8) is 0 Å². The molecular formula is C15H13NO6. The largest absolute Gasteiger partial charge is 0.466 e. The zero-order chi connectivity index (χ0) is 16.1. The maximum absolute atomic E-state index is 11.8. The van der Waals surface area contributed by atoms with E-state index in [0.717, 1.165) is 0 Å². The summed E-state index contributed by atoms with van der Waals surface area (Å²) >= 11 is 0. The molecule has 0 spiro atoms. The van der Waals surface area contributed by atoms with Crippen molar-refractivity contribution < 1.29 is 23.7 Å². The molecule has 0 saturated carbocycles. The van der Waals surface area contributed by atoms with Gasteiger partial charge in [0.25, 0.3) is 5.69 Å². The molecule has 1 aromatic carbocycles. The number of Topliss-reactive ketones (excluding diaryl/α,β-unsaturated/α-hetero) is 1. The Morgan fingerprint density at radius 1 is 1.27 bits per heavy atom. The van der Waals surface area contributed by atoms with Crippen LogP contribution in [0.2, 0.25) is 0 Å². The highest BCUT2D eigenvalue weighted by Crippen LogP contribution is 2.26. The first-order valence-corrected chi connectivity index (χ1v) is 6.54. The number of benzene rings is 1. The fraction of sp³-hybridized carbons (Fsp3) is 0.200. The van der Waals surface area contributed by atoms with Gasteiger partial charge in [-0.15, -0.1) is 0 Å². The third-order valence-electron chi connectivity index (χ3n) is 2.83. The highest BCUT2D eigenvalue weighted by atomic mass is 16.6. The van der Waals surface area contributed by atoms with Crippen molar-refractivity contribution in [2.24, 2.45) is 0 Å². The number of furan rings is 1. The number of carbonyl (C=O) groups is 2. The van der Waals surface area contributed by atoms with E-state index in [9.17, 15) is 19.7 Å². The standard InChI is InChI=1S/C15H13NO6/c1-2-21-15(18)9-12(17)14-7-6-13(22-14)10-4-3-5-11(8-10)16(19)20/h3-8H,2,9H2,1H3. The molecular weight excluding hydrogens is 290 g/mol. The van der Waals surface area contributed by atoms with Gasteiger partial charge in [0, 0.05) is 17.7 Å². The lowest BCUT2D eigenvalue weighted by Crippen LogP contribution is -2.10. The molecule has 0 aliphatic rings. The van der Waals surface area contributed by atoms with Gasteiger partial charge in [0.2, 0.25) is 5.78 Å². The smallest absolute Gasteiger partial charge is 0.313 e. The molecule has 1 heterocycles. The Hall–Kier alpha value is -2.96. The molecule has 2 aromatic rings. The monoisotopic (exact) mass is 303 g/mol. The van der Waals surface area contributed by atoms with Crippen LogP contribution in [-0.2, 0) is 9.53 Å². The number of rotatable bonds is 6. The summed E-state index contributed by atoms with van der Waals surface area (Å²) in [6, 6.07) is 8.81. The van der Waals surface area contributed by atoms with Crippen LogP contribution in [0.1, 0.15) is 23.9 Å². The molecule has 0 amide bonds. The number of hydrogen-bond donors (Lipinski definition) is 0. The molecule has 0 N–H and O–H groups in total. The van der Waals surface area contributed by atoms with Crippen molar-refractivity contribution in [1.82, 2.24) is 0 Å². The molecule has 0 unspecified atom stereocenters. The molecule has 0 aliphatic carbocycles. The summed E-state index contributed by atoms with van der Waals surface area (Å²) in [4.78, 5) is 33.3. The molecule has 114 valence electrons. The minimum absolute atomic E-state index is 0.00885. The number of ether oxygens (including phenoxy) is 1. The molecule has 0 atom stereocenters. The van der Waals surface area contributed by atoms with Crippen LogP contribution in [0.15, 0.2) is 40.8 Å². The lowest BCUT2D eigenvalue weighted by molar-refractivity contribution is -0.384. The molecule has 0 bridgehead atoms. The predicted molar refractivity (Wildman–Crippen MR) is 76.4 cm³/mol. The molecule has 7 nitrogen and oxygen atoms in total. The number of carbonyl (C=O) groups excluding carboxylic acids is 2. The van der Waals surface area contributed by atoms with Gasteiger partial charge in [0.05, 0.1) is 11.5 Å². The van der Waals surface area contributed by atoms with E-state index in [4.69, 9.17) is 9.15 Å². The quantitative estimate of drug-likeness (QED) is 0.267. The minimum Gasteiger partial charge on any atom is -0.466 e. The fourth-order valence-corrected chi connectivity index (χ4v) is 1.85. The van der Waals surface area contributed by atoms with E-state index in [1.54, 1.807) is 13.0 Å². The third kappa shape index (κ3) is 3.57. The van der Waals surface area contributed by atoms with Crippen molar-refractivity contribution in [2.75, 3.05) is 6.61 Å². The first kappa shape index (κ1) is 15.4. The average molecular weight is 303 g/mol. The number of nitrogens with zero attached hydrogens (tertiary/aromatic N) is 1. The fourth-order valence-electron chi connectivity index (χ4n) is 1.85. The van der Waals surface area contributed by atoms with Crippen LogP contribution in [0.5, 0.6) is 0 Å². The second-order valence-corrected chi connectivity index (χ2v) is 4.38. The molecule has 0 radical (unpaired) electrons. The Kier molecular flexibility index (Phi) is 4.67. The summed E-state index contributed by atoms with van der Waals surface area (Å²) in [7, 11) is 0. The summed E-state index contributed by atoms with van der Waals surface area (Å²) in [6.45, 7) is 1.85. The SMILES string of the molecule is CCOC(=O)CC(=O)c1ccc(-c2cccc([N+](=O)[O-])c2)o1. The lowest BCUT2D eigenvalue weighted by Gasteiger charge is -2.00. The second kappa shape index (κ2) is 6.66. The zero-order valence-electron chi connectivity index (χ0n) is 11.8. The highest BCUT2D eigenvalue weighted by molar-refractivity contribution is 6.04. The van der Waals surface area contributed by atoms with Crippen molar-refractivity contribution in [1.29, 1.82) is 0 Å². The van der Waals surface area contributed by atoms with Gasteiger partial charge in [-0.05, 0) is 19.1 Å². The Bertz CT molecular complexity index is 718. The van der Waals surface area contributed by atoms with Crippen LogP contribution in [-0.4, -0.2) is 23.3 Å². The van der Waals surface area contributed by atoms with E-state index in [-0.39, 0.29) is 18.1 Å². The number of nitro benzene ring substituents is 1. The van der Waals surface area contributed by atoms with Crippen molar-refractivity contribution in [3.05, 3.63) is 52.3 Å². The van der Waals surface area contributed by atoms with Gasteiger partial charge in [-0.2, -0.15) is 0 Å². The van der Waals surface area contributed by atoms with Crippen molar-refractivity contribution in [3.8, 4) is 11.3 Å². The molecule has 0 saturated heterocycles. The zero-order valence-corrected chi connectivity index (χ0v) is 11.8. The van der Waals surface area contributed by atoms with Crippen LogP contribution in [0.3, 0.4) is 0 Å². The Labute approximate surface area is 125 Å². The molecule has 22 heavy (non-hydrogen) atoms. The van der Waals surface area contributed by atoms with Crippen LogP contribution in [0.25, 0.3) is 11.3 Å². The number of non-ortho nitro benzene ring substituents is 1. The number of nitro groups is 1. The van der Waals surface area contributed by atoms with Gasteiger partial charge in [-0.25, -0.2) is 0 Å². The summed E-state index contributed by atoms with van der Waals surface area (Å²) in [5.74, 6) is -0.804. The van der Waals surface area contributed by atoms with E-state index < -0.39 is 23.1 Å². The second-order valence-electron chi connectivity index (χ2n) is 4.38. The molecule has 1 aromatic heterocycles. The van der Waals surface area contributed by atoms with Gasteiger partial charge in [-0.1, -0.05) is 12.1 Å². The van der Waals surface area contributed by atoms with Gasteiger partial charge in [0.1, 0.15) is 12.2 Å². The predicted octanol–water partition coefficient (Wildman–Crippen LogP) is 2.99. The van der Waals surface area contributed by atoms with Gasteiger partial charge < -0.3 is 9.15 Å². The van der Waals surface area contributed by atoms with Crippen molar-refractivity contribution in [2.45, 2.75) is 13.3 Å². The normalized spacial score (nSPS) is 10.2. The maximum Gasteiger partial charge on any atom is 0.313 e. The number of ketones is 1. The summed E-state index contributed by atoms with van der Waals surface area (Å²) in [5.41, 5.74) is 0.401. The minimum atomic E-state index is -0.624. The van der Waals surface area contributed by atoms with Gasteiger partial charge in [0.15, 0.2) is 5.76 Å². The summed E-state index contributed by atoms with van der Waals surface area (Å²) in [5, 5.41) is 10.8. The molecule has 0 aliphatic heterocycles. The van der Waals surface area contributed by atoms with Crippen molar-refractivity contribution >= 4 is 17.4 Å². The van der Waals surface area contributed by atoms with Crippen LogP contribution >= 0.6 is 0 Å². The van der Waals surface area contributed by atoms with Crippen LogP contribution in [0.4, 0.5) is 5.69 Å². The van der Waals surface area contributed by atoms with Gasteiger partial charge in [-0.3, -0.25) is 19.7 Å². The third-order valence-corrected chi connectivity index (χ3v) is 2.83. The Morgan fingerprint density at radius 3 is 2.73 bits per heavy atom. The first-order chi connectivity index (χ1) is 10.5. The lowest BCUT2D eigenvalue weighted by atomic mass is 10.1. The Balaban J connectivity index is 2.17. The molecule has 0 fully saturated rings. The number of hydrogen-bond acceptors (Lipinski definition) is 6. The number of esters is 1. The van der Waals surface area contributed by atoms with Crippen LogP contribution in [0, 0.1) is 10.1 Å². The van der Waals surface area contributed by atoms with E-state index >= 15 is 0 Å².